The van der Waals surface area contributed by atoms with Crippen molar-refractivity contribution in [3.05, 3.63) is 48.3 Å². The Labute approximate surface area is 264 Å². The molecule has 12 heteroatoms. The molecule has 1 aromatic heterocycles. The molecule has 2 fully saturated rings. The van der Waals surface area contributed by atoms with E-state index in [1.165, 1.54) is 18.1 Å². The number of amides is 3. The molecular weight excluding hydrogens is 580 g/mol. The third-order valence-electron chi connectivity index (χ3n) is 8.46. The predicted molar refractivity (Wildman–Crippen MR) is 168 cm³/mol. The Morgan fingerprint density at radius 1 is 1.13 bits per heavy atom. The zero-order chi connectivity index (χ0) is 31.9. The highest BCUT2D eigenvalue weighted by atomic mass is 16.7. The normalized spacial score (nSPS) is 21.3. The van der Waals surface area contributed by atoms with Crippen LogP contribution in [0.3, 0.4) is 0 Å². The SMILES string of the molecule is C=CCOC(=O)N1c2cc(OCCCC(=O)Nc3cc(C)n(C)c3)c(OC)cc2C(=O)N2CCCC[C@H]2C1OC1CCCCO1. The average molecular weight is 625 g/mol. The first-order valence-electron chi connectivity index (χ1n) is 15.7. The average Bonchev–Trinajstić information content (AvgIpc) is 3.32. The number of carbonyl (C=O) groups excluding carboxylic acids is 3. The van der Waals surface area contributed by atoms with Crippen LogP contribution >= 0.6 is 0 Å². The van der Waals surface area contributed by atoms with E-state index in [9.17, 15) is 14.4 Å². The van der Waals surface area contributed by atoms with E-state index in [0.717, 1.165) is 37.1 Å². The minimum Gasteiger partial charge on any atom is -0.493 e. The molecule has 244 valence electrons. The molecule has 4 heterocycles. The number of hydrogen-bond acceptors (Lipinski definition) is 8. The van der Waals surface area contributed by atoms with Crippen LogP contribution in [0.25, 0.3) is 0 Å². The summed E-state index contributed by atoms with van der Waals surface area (Å²) in [4.78, 5) is 43.6. The molecule has 1 aromatic carbocycles. The van der Waals surface area contributed by atoms with Crippen molar-refractivity contribution in [2.24, 2.45) is 7.05 Å². The summed E-state index contributed by atoms with van der Waals surface area (Å²) in [6.07, 6.45) is 6.98. The van der Waals surface area contributed by atoms with Crippen LogP contribution in [0.2, 0.25) is 0 Å². The molecule has 45 heavy (non-hydrogen) atoms. The lowest BCUT2D eigenvalue weighted by atomic mass is 10.00. The largest absolute Gasteiger partial charge is 0.493 e. The number of carbonyl (C=O) groups is 3. The summed E-state index contributed by atoms with van der Waals surface area (Å²) in [5.74, 6) is 0.331. The molecule has 0 radical (unpaired) electrons. The van der Waals surface area contributed by atoms with Crippen molar-refractivity contribution in [1.82, 2.24) is 9.47 Å². The maximum Gasteiger partial charge on any atom is 0.416 e. The molecule has 3 amide bonds. The van der Waals surface area contributed by atoms with Gasteiger partial charge in [-0.1, -0.05) is 12.7 Å². The molecular formula is C33H44N4O8. The fourth-order valence-electron chi connectivity index (χ4n) is 6.07. The number of anilines is 2. The summed E-state index contributed by atoms with van der Waals surface area (Å²) in [7, 11) is 3.42. The number of hydrogen-bond donors (Lipinski definition) is 1. The Morgan fingerprint density at radius 3 is 2.67 bits per heavy atom. The molecule has 0 bridgehead atoms. The molecule has 3 atom stereocenters. The minimum atomic E-state index is -0.845. The van der Waals surface area contributed by atoms with E-state index in [0.29, 0.717) is 49.6 Å². The number of nitrogens with zero attached hydrogens (tertiary/aromatic N) is 3. The molecule has 0 saturated carbocycles. The van der Waals surface area contributed by atoms with Crippen molar-refractivity contribution in [1.29, 1.82) is 0 Å². The van der Waals surface area contributed by atoms with E-state index in [1.54, 1.807) is 17.0 Å². The van der Waals surface area contributed by atoms with Crippen molar-refractivity contribution in [3.8, 4) is 11.5 Å². The lowest BCUT2D eigenvalue weighted by Crippen LogP contribution is -2.57. The molecule has 3 aliphatic heterocycles. The first-order chi connectivity index (χ1) is 21.8. The van der Waals surface area contributed by atoms with Crippen molar-refractivity contribution in [3.63, 3.8) is 0 Å². The van der Waals surface area contributed by atoms with Gasteiger partial charge in [0.25, 0.3) is 5.91 Å². The van der Waals surface area contributed by atoms with Crippen LogP contribution in [0, 0.1) is 6.92 Å². The number of ether oxygens (including phenoxy) is 5. The van der Waals surface area contributed by atoms with Crippen LogP contribution in [0.1, 0.15) is 67.4 Å². The zero-order valence-corrected chi connectivity index (χ0v) is 26.4. The summed E-state index contributed by atoms with van der Waals surface area (Å²) in [5, 5.41) is 2.90. The van der Waals surface area contributed by atoms with Gasteiger partial charge in [0.15, 0.2) is 24.0 Å². The van der Waals surface area contributed by atoms with Crippen LogP contribution in [-0.2, 0) is 26.1 Å². The Balaban J connectivity index is 1.42. The van der Waals surface area contributed by atoms with Gasteiger partial charge in [-0.15, -0.1) is 0 Å². The number of rotatable bonds is 11. The molecule has 5 rings (SSSR count). The van der Waals surface area contributed by atoms with Gasteiger partial charge in [-0.3, -0.25) is 9.59 Å². The highest BCUT2D eigenvalue weighted by molar-refractivity contribution is 6.06. The Hall–Kier alpha value is -4.03. The lowest BCUT2D eigenvalue weighted by molar-refractivity contribution is -0.198. The zero-order valence-electron chi connectivity index (χ0n) is 26.4. The summed E-state index contributed by atoms with van der Waals surface area (Å²) >= 11 is 0. The molecule has 2 saturated heterocycles. The van der Waals surface area contributed by atoms with E-state index in [-0.39, 0.29) is 37.0 Å². The molecule has 0 aliphatic carbocycles. The lowest BCUT2D eigenvalue weighted by Gasteiger charge is -2.42. The van der Waals surface area contributed by atoms with Crippen LogP contribution in [0.15, 0.2) is 37.1 Å². The standard InChI is InChI=1S/C33H44N4O8/c1-5-15-44-33(40)37-26-20-28(42-17-10-12-29(38)34-23-18-22(2)35(3)21-23)27(41-4)19-24(26)31(39)36-14-8-6-11-25(36)32(37)45-30-13-7-9-16-43-30/h5,18-21,25,30,32H,1,6-17H2,2-4H3,(H,34,38)/t25-,30?,32?/m0/s1. The number of aromatic nitrogens is 1. The fraction of sp³-hybridized carbons (Fsp3) is 0.545. The second-order valence-corrected chi connectivity index (χ2v) is 11.6. The summed E-state index contributed by atoms with van der Waals surface area (Å²) < 4.78 is 31.7. The second kappa shape index (κ2) is 14.8. The fourth-order valence-corrected chi connectivity index (χ4v) is 6.07. The first-order valence-corrected chi connectivity index (χ1v) is 15.7. The minimum absolute atomic E-state index is 0.0102. The van der Waals surface area contributed by atoms with Crippen molar-refractivity contribution in [2.75, 3.05) is 43.7 Å². The first kappa shape index (κ1) is 32.4. The quantitative estimate of drug-likeness (QED) is 0.269. The Kier molecular flexibility index (Phi) is 10.7. The van der Waals surface area contributed by atoms with Crippen LogP contribution in [-0.4, -0.2) is 79.4 Å². The van der Waals surface area contributed by atoms with Gasteiger partial charge in [-0.25, -0.2) is 9.69 Å². The maximum atomic E-state index is 14.1. The van der Waals surface area contributed by atoms with Gasteiger partial charge in [-0.2, -0.15) is 0 Å². The number of methoxy groups -OCH3 is 1. The predicted octanol–water partition coefficient (Wildman–Crippen LogP) is 5.15. The topological polar surface area (TPSA) is 121 Å². The van der Waals surface area contributed by atoms with E-state index < -0.39 is 24.7 Å². The van der Waals surface area contributed by atoms with Crippen molar-refractivity contribution in [2.45, 2.75) is 76.9 Å². The Morgan fingerprint density at radius 2 is 1.96 bits per heavy atom. The van der Waals surface area contributed by atoms with Crippen molar-refractivity contribution < 1.29 is 38.1 Å². The molecule has 0 spiro atoms. The smallest absolute Gasteiger partial charge is 0.416 e. The maximum absolute atomic E-state index is 14.1. The van der Waals surface area contributed by atoms with E-state index >= 15 is 0 Å². The number of nitrogens with one attached hydrogen (secondary N) is 1. The number of benzene rings is 1. The van der Waals surface area contributed by atoms with Crippen LogP contribution in [0.5, 0.6) is 11.5 Å². The van der Waals surface area contributed by atoms with Crippen molar-refractivity contribution >= 4 is 29.3 Å². The summed E-state index contributed by atoms with van der Waals surface area (Å²) in [6.45, 7) is 6.94. The molecule has 3 aliphatic rings. The van der Waals surface area contributed by atoms with E-state index in [1.807, 2.05) is 30.8 Å². The molecule has 12 nitrogen and oxygen atoms in total. The molecule has 2 aromatic rings. The number of aryl methyl sites for hydroxylation is 2. The summed E-state index contributed by atoms with van der Waals surface area (Å²) in [6, 6.07) is 4.75. The number of piperidine rings is 1. The van der Waals surface area contributed by atoms with Gasteiger partial charge in [0.2, 0.25) is 5.91 Å². The monoisotopic (exact) mass is 624 g/mol. The summed E-state index contributed by atoms with van der Waals surface area (Å²) in [5.41, 5.74) is 2.38. The van der Waals surface area contributed by atoms with Crippen LogP contribution in [0.4, 0.5) is 16.2 Å². The van der Waals surface area contributed by atoms with Gasteiger partial charge >= 0.3 is 6.09 Å². The highest BCUT2D eigenvalue weighted by Crippen LogP contribution is 2.42. The third-order valence-corrected chi connectivity index (χ3v) is 8.46. The van der Waals surface area contributed by atoms with Gasteiger partial charge in [-0.05, 0) is 64.0 Å². The van der Waals surface area contributed by atoms with Gasteiger partial charge in [0.1, 0.15) is 6.61 Å². The third kappa shape index (κ3) is 7.45. The van der Waals surface area contributed by atoms with Gasteiger partial charge in [0.05, 0.1) is 36.7 Å². The van der Waals surface area contributed by atoms with E-state index in [2.05, 4.69) is 11.9 Å². The van der Waals surface area contributed by atoms with Gasteiger partial charge in [0, 0.05) is 44.6 Å². The second-order valence-electron chi connectivity index (χ2n) is 11.6. The van der Waals surface area contributed by atoms with Crippen LogP contribution < -0.4 is 19.7 Å². The van der Waals surface area contributed by atoms with E-state index in [4.69, 9.17) is 23.7 Å². The Bertz CT molecular complexity index is 1370. The molecule has 2 unspecified atom stereocenters. The highest BCUT2D eigenvalue weighted by Gasteiger charge is 2.46. The van der Waals surface area contributed by atoms with Gasteiger partial charge < -0.3 is 38.5 Å². The number of fused-ring (bicyclic) bond motifs is 2. The molecule has 1 N–H and O–H groups in total.